The minimum absolute atomic E-state index is 0.0342. The van der Waals surface area contributed by atoms with Crippen LogP contribution < -0.4 is 10.6 Å². The second-order valence-corrected chi connectivity index (χ2v) is 6.05. The summed E-state index contributed by atoms with van der Waals surface area (Å²) in [4.78, 5) is 12.3. The van der Waals surface area contributed by atoms with Gasteiger partial charge in [0.05, 0.1) is 6.04 Å². The Morgan fingerprint density at radius 1 is 1.35 bits per heavy atom. The van der Waals surface area contributed by atoms with Crippen molar-refractivity contribution in [1.29, 1.82) is 0 Å². The first kappa shape index (κ1) is 13.6. The van der Waals surface area contributed by atoms with Crippen LogP contribution in [0.5, 0.6) is 0 Å². The monoisotopic (exact) mass is 276 g/mol. The van der Waals surface area contributed by atoms with E-state index in [2.05, 4.69) is 10.6 Å². The molecule has 1 aliphatic heterocycles. The summed E-state index contributed by atoms with van der Waals surface area (Å²) in [6.07, 6.45) is 5.84. The summed E-state index contributed by atoms with van der Waals surface area (Å²) in [5, 5.41) is 6.30. The van der Waals surface area contributed by atoms with Crippen molar-refractivity contribution < 1.29 is 9.18 Å². The molecule has 1 saturated heterocycles. The molecule has 4 heteroatoms. The van der Waals surface area contributed by atoms with E-state index < -0.39 is 0 Å². The Morgan fingerprint density at radius 2 is 2.15 bits per heavy atom. The van der Waals surface area contributed by atoms with Gasteiger partial charge >= 0.3 is 0 Å². The Hall–Kier alpha value is -1.42. The Bertz CT molecular complexity index is 503. The van der Waals surface area contributed by atoms with Crippen molar-refractivity contribution in [2.75, 3.05) is 5.32 Å². The number of fused-ring (bicyclic) bond motifs is 1. The Labute approximate surface area is 118 Å². The van der Waals surface area contributed by atoms with Gasteiger partial charge in [-0.05, 0) is 49.8 Å². The lowest BCUT2D eigenvalue weighted by molar-refractivity contribution is -0.117. The number of amides is 1. The fourth-order valence-corrected chi connectivity index (χ4v) is 3.47. The van der Waals surface area contributed by atoms with E-state index in [1.165, 1.54) is 37.8 Å². The van der Waals surface area contributed by atoms with Crippen molar-refractivity contribution in [3.05, 3.63) is 29.6 Å². The standard InChI is InChI=1S/C16H21FN2O/c1-10-6-7-12(17)9-14(10)19-16(20)15-8-11-4-2-3-5-13(11)18-15/h6-7,9,11,13,15,18H,2-5,8H2,1H3,(H,19,20). The predicted molar refractivity (Wildman–Crippen MR) is 77.1 cm³/mol. The molecule has 20 heavy (non-hydrogen) atoms. The van der Waals surface area contributed by atoms with Gasteiger partial charge in [-0.3, -0.25) is 4.79 Å². The summed E-state index contributed by atoms with van der Waals surface area (Å²) in [6.45, 7) is 1.87. The van der Waals surface area contributed by atoms with E-state index in [0.717, 1.165) is 12.0 Å². The quantitative estimate of drug-likeness (QED) is 0.872. The number of benzene rings is 1. The predicted octanol–water partition coefficient (Wildman–Crippen LogP) is 2.99. The smallest absolute Gasteiger partial charge is 0.241 e. The summed E-state index contributed by atoms with van der Waals surface area (Å²) >= 11 is 0. The molecule has 3 unspecified atom stereocenters. The molecule has 3 nitrogen and oxygen atoms in total. The molecule has 0 radical (unpaired) electrons. The number of hydrogen-bond donors (Lipinski definition) is 2. The van der Waals surface area contributed by atoms with Crippen LogP contribution in [-0.4, -0.2) is 18.0 Å². The number of carbonyl (C=O) groups is 1. The third-order valence-electron chi connectivity index (χ3n) is 4.64. The lowest BCUT2D eigenvalue weighted by Gasteiger charge is -2.24. The summed E-state index contributed by atoms with van der Waals surface area (Å²) in [6, 6.07) is 4.84. The number of anilines is 1. The van der Waals surface area contributed by atoms with Crippen LogP contribution in [-0.2, 0) is 4.79 Å². The molecule has 108 valence electrons. The Kier molecular flexibility index (Phi) is 3.74. The molecule has 2 aliphatic rings. The van der Waals surface area contributed by atoms with Crippen LogP contribution in [0.15, 0.2) is 18.2 Å². The first-order valence-electron chi connectivity index (χ1n) is 7.46. The largest absolute Gasteiger partial charge is 0.324 e. The molecule has 3 atom stereocenters. The van der Waals surface area contributed by atoms with Gasteiger partial charge in [-0.25, -0.2) is 4.39 Å². The second-order valence-electron chi connectivity index (χ2n) is 6.05. The highest BCUT2D eigenvalue weighted by Gasteiger charge is 2.38. The zero-order chi connectivity index (χ0) is 14.1. The zero-order valence-corrected chi connectivity index (χ0v) is 11.8. The van der Waals surface area contributed by atoms with Crippen LogP contribution in [0.25, 0.3) is 0 Å². The number of rotatable bonds is 2. The molecule has 1 amide bonds. The lowest BCUT2D eigenvalue weighted by atomic mass is 9.85. The fraction of sp³-hybridized carbons (Fsp3) is 0.562. The van der Waals surface area contributed by atoms with Gasteiger partial charge in [-0.2, -0.15) is 0 Å². The molecule has 3 rings (SSSR count). The highest BCUT2D eigenvalue weighted by Crippen LogP contribution is 2.33. The summed E-state index contributed by atoms with van der Waals surface area (Å²) < 4.78 is 13.2. The van der Waals surface area contributed by atoms with Gasteiger partial charge in [-0.1, -0.05) is 18.9 Å². The number of halogens is 1. The normalized spacial score (nSPS) is 29.0. The molecule has 1 aromatic rings. The average molecular weight is 276 g/mol. The lowest BCUT2D eigenvalue weighted by Crippen LogP contribution is -2.40. The molecule has 1 heterocycles. The summed E-state index contributed by atoms with van der Waals surface area (Å²) in [5.74, 6) is 0.278. The molecule has 2 N–H and O–H groups in total. The van der Waals surface area contributed by atoms with E-state index >= 15 is 0 Å². The van der Waals surface area contributed by atoms with Gasteiger partial charge in [0.1, 0.15) is 5.82 Å². The first-order chi connectivity index (χ1) is 9.63. The van der Waals surface area contributed by atoms with Crippen LogP contribution in [0, 0.1) is 18.7 Å². The van der Waals surface area contributed by atoms with E-state index in [9.17, 15) is 9.18 Å². The van der Waals surface area contributed by atoms with Gasteiger partial charge in [-0.15, -0.1) is 0 Å². The maximum absolute atomic E-state index is 13.2. The fourth-order valence-electron chi connectivity index (χ4n) is 3.47. The molecule has 1 aliphatic carbocycles. The van der Waals surface area contributed by atoms with Crippen LogP contribution in [0.3, 0.4) is 0 Å². The van der Waals surface area contributed by atoms with Crippen molar-refractivity contribution >= 4 is 11.6 Å². The van der Waals surface area contributed by atoms with E-state index in [4.69, 9.17) is 0 Å². The van der Waals surface area contributed by atoms with Crippen LogP contribution in [0.2, 0.25) is 0 Å². The molecule has 1 saturated carbocycles. The highest BCUT2D eigenvalue weighted by atomic mass is 19.1. The van der Waals surface area contributed by atoms with Crippen molar-refractivity contribution in [3.63, 3.8) is 0 Å². The van der Waals surface area contributed by atoms with Crippen LogP contribution in [0.4, 0.5) is 10.1 Å². The highest BCUT2D eigenvalue weighted by molar-refractivity contribution is 5.95. The molecule has 1 aromatic carbocycles. The second kappa shape index (κ2) is 5.52. The third-order valence-corrected chi connectivity index (χ3v) is 4.64. The molecule has 0 bridgehead atoms. The average Bonchev–Trinajstić information content (AvgIpc) is 2.87. The van der Waals surface area contributed by atoms with E-state index in [-0.39, 0.29) is 17.8 Å². The molecule has 2 fully saturated rings. The minimum Gasteiger partial charge on any atom is -0.324 e. The van der Waals surface area contributed by atoms with Gasteiger partial charge in [0, 0.05) is 11.7 Å². The van der Waals surface area contributed by atoms with Crippen molar-refractivity contribution in [3.8, 4) is 0 Å². The molecule has 0 aromatic heterocycles. The van der Waals surface area contributed by atoms with E-state index in [1.54, 1.807) is 6.07 Å². The molecular formula is C16H21FN2O. The van der Waals surface area contributed by atoms with E-state index in [0.29, 0.717) is 17.6 Å². The van der Waals surface area contributed by atoms with Gasteiger partial charge in [0.15, 0.2) is 0 Å². The van der Waals surface area contributed by atoms with Crippen molar-refractivity contribution in [2.45, 2.75) is 51.1 Å². The SMILES string of the molecule is Cc1ccc(F)cc1NC(=O)C1CC2CCCCC2N1. The molecular weight excluding hydrogens is 255 g/mol. The topological polar surface area (TPSA) is 41.1 Å². The zero-order valence-electron chi connectivity index (χ0n) is 11.8. The van der Waals surface area contributed by atoms with Crippen molar-refractivity contribution in [1.82, 2.24) is 5.32 Å². The number of nitrogens with one attached hydrogen (secondary N) is 2. The summed E-state index contributed by atoms with van der Waals surface area (Å²) in [5.41, 5.74) is 1.46. The number of aryl methyl sites for hydroxylation is 1. The third kappa shape index (κ3) is 2.70. The van der Waals surface area contributed by atoms with Crippen molar-refractivity contribution in [2.24, 2.45) is 5.92 Å². The Balaban J connectivity index is 1.66. The molecule has 0 spiro atoms. The van der Waals surface area contributed by atoms with Gasteiger partial charge in [0.2, 0.25) is 5.91 Å². The number of carbonyl (C=O) groups excluding carboxylic acids is 1. The first-order valence-corrected chi connectivity index (χ1v) is 7.46. The number of hydrogen-bond acceptors (Lipinski definition) is 2. The van der Waals surface area contributed by atoms with Gasteiger partial charge < -0.3 is 10.6 Å². The Morgan fingerprint density at radius 3 is 2.95 bits per heavy atom. The maximum Gasteiger partial charge on any atom is 0.241 e. The summed E-state index contributed by atoms with van der Waals surface area (Å²) in [7, 11) is 0. The van der Waals surface area contributed by atoms with E-state index in [1.807, 2.05) is 6.92 Å². The van der Waals surface area contributed by atoms with Gasteiger partial charge in [0.25, 0.3) is 0 Å². The van der Waals surface area contributed by atoms with Crippen LogP contribution >= 0.6 is 0 Å². The van der Waals surface area contributed by atoms with Crippen LogP contribution in [0.1, 0.15) is 37.7 Å². The maximum atomic E-state index is 13.2. The minimum atomic E-state index is -0.320.